The predicted octanol–water partition coefficient (Wildman–Crippen LogP) is 2.95. The van der Waals surface area contributed by atoms with Gasteiger partial charge in [-0.3, -0.25) is 0 Å². The van der Waals surface area contributed by atoms with Gasteiger partial charge in [0.25, 0.3) is 0 Å². The van der Waals surface area contributed by atoms with Crippen LogP contribution in [0.4, 0.5) is 0 Å². The van der Waals surface area contributed by atoms with E-state index in [1.165, 1.54) is 12.8 Å². The third-order valence-electron chi connectivity index (χ3n) is 3.48. The van der Waals surface area contributed by atoms with E-state index in [2.05, 4.69) is 15.6 Å². The number of nitrogens with zero attached hydrogens (tertiary/aromatic N) is 3. The normalized spacial score (nSPS) is 16.7. The fourth-order valence-corrected chi connectivity index (χ4v) is 2.30. The Kier molecular flexibility index (Phi) is 2.57. The van der Waals surface area contributed by atoms with Crippen molar-refractivity contribution < 1.29 is 4.74 Å². The molecule has 1 aromatic carbocycles. The molecular weight excluding hydrogens is 226 g/mol. The molecule has 0 amide bonds. The number of aromatic nitrogens is 2. The van der Waals surface area contributed by atoms with Crippen LogP contribution in [0.3, 0.4) is 0 Å². The third kappa shape index (κ3) is 1.68. The van der Waals surface area contributed by atoms with Crippen molar-refractivity contribution in [3.8, 4) is 6.07 Å². The lowest BCUT2D eigenvalue weighted by Crippen LogP contribution is -2.07. The molecule has 1 unspecified atom stereocenters. The molecule has 1 fully saturated rings. The Morgan fingerprint density at radius 1 is 1.50 bits per heavy atom. The van der Waals surface area contributed by atoms with Gasteiger partial charge in [-0.05, 0) is 38.0 Å². The lowest BCUT2D eigenvalue weighted by Gasteiger charge is -2.12. The molecule has 4 nitrogen and oxygen atoms in total. The van der Waals surface area contributed by atoms with Gasteiger partial charge in [-0.25, -0.2) is 4.98 Å². The molecule has 0 bridgehead atoms. The van der Waals surface area contributed by atoms with Gasteiger partial charge < -0.3 is 9.30 Å². The van der Waals surface area contributed by atoms with Crippen LogP contribution in [0.15, 0.2) is 18.2 Å². The highest BCUT2D eigenvalue weighted by Crippen LogP contribution is 2.40. The summed E-state index contributed by atoms with van der Waals surface area (Å²) < 4.78 is 7.66. The van der Waals surface area contributed by atoms with Crippen LogP contribution >= 0.6 is 0 Å². The number of nitriles is 1. The molecule has 0 radical (unpaired) electrons. The number of methoxy groups -OCH3 is 1. The standard InChI is InChI=1S/C14H15N3O/c1-9(18-2)14-16-12-7-10(8-15)3-6-13(12)17(14)11-4-5-11/h3,6-7,9,11H,4-5H2,1-2H3. The molecule has 18 heavy (non-hydrogen) atoms. The van der Waals surface area contributed by atoms with Crippen LogP contribution in [0.25, 0.3) is 11.0 Å². The van der Waals surface area contributed by atoms with E-state index in [4.69, 9.17) is 10.00 Å². The number of imidazole rings is 1. The fraction of sp³-hybridized carbons (Fsp3) is 0.429. The largest absolute Gasteiger partial charge is 0.374 e. The first-order chi connectivity index (χ1) is 8.74. The smallest absolute Gasteiger partial charge is 0.139 e. The highest BCUT2D eigenvalue weighted by atomic mass is 16.5. The van der Waals surface area contributed by atoms with Crippen LogP contribution in [-0.2, 0) is 4.74 Å². The van der Waals surface area contributed by atoms with Gasteiger partial charge in [0.15, 0.2) is 0 Å². The molecule has 92 valence electrons. The summed E-state index contributed by atoms with van der Waals surface area (Å²) >= 11 is 0. The van der Waals surface area contributed by atoms with Crippen LogP contribution in [0.5, 0.6) is 0 Å². The lowest BCUT2D eigenvalue weighted by atomic mass is 10.2. The van der Waals surface area contributed by atoms with Crippen molar-refractivity contribution in [1.82, 2.24) is 9.55 Å². The Hall–Kier alpha value is -1.86. The molecule has 0 N–H and O–H groups in total. The molecule has 0 spiro atoms. The molecule has 1 aliphatic rings. The van der Waals surface area contributed by atoms with Crippen LogP contribution in [0.1, 0.15) is 43.3 Å². The number of ether oxygens (including phenoxy) is 1. The highest BCUT2D eigenvalue weighted by molar-refractivity contribution is 5.78. The van der Waals surface area contributed by atoms with Gasteiger partial charge in [0.2, 0.25) is 0 Å². The first-order valence-electron chi connectivity index (χ1n) is 6.19. The van der Waals surface area contributed by atoms with E-state index >= 15 is 0 Å². The summed E-state index contributed by atoms with van der Waals surface area (Å²) in [4.78, 5) is 4.64. The van der Waals surface area contributed by atoms with Gasteiger partial charge in [-0.15, -0.1) is 0 Å². The minimum absolute atomic E-state index is 0.0245. The van der Waals surface area contributed by atoms with Crippen molar-refractivity contribution >= 4 is 11.0 Å². The van der Waals surface area contributed by atoms with E-state index in [0.717, 1.165) is 16.9 Å². The van der Waals surface area contributed by atoms with Gasteiger partial charge >= 0.3 is 0 Å². The number of fused-ring (bicyclic) bond motifs is 1. The van der Waals surface area contributed by atoms with Gasteiger partial charge in [-0.2, -0.15) is 5.26 Å². The summed E-state index contributed by atoms with van der Waals surface area (Å²) in [6, 6.07) is 8.40. The maximum absolute atomic E-state index is 8.94. The minimum Gasteiger partial charge on any atom is -0.374 e. The van der Waals surface area contributed by atoms with E-state index in [-0.39, 0.29) is 6.10 Å². The van der Waals surface area contributed by atoms with Crippen LogP contribution in [0, 0.1) is 11.3 Å². The van der Waals surface area contributed by atoms with Crippen molar-refractivity contribution in [1.29, 1.82) is 5.26 Å². The summed E-state index contributed by atoms with van der Waals surface area (Å²) in [7, 11) is 1.70. The summed E-state index contributed by atoms with van der Waals surface area (Å²) in [6.45, 7) is 2.01. The number of benzene rings is 1. The molecular formula is C14H15N3O. The maximum Gasteiger partial charge on any atom is 0.139 e. The molecule has 1 aromatic heterocycles. The van der Waals surface area contributed by atoms with Gasteiger partial charge in [0, 0.05) is 13.2 Å². The molecule has 0 aliphatic heterocycles. The highest BCUT2D eigenvalue weighted by Gasteiger charge is 2.29. The van der Waals surface area contributed by atoms with Crippen LogP contribution in [-0.4, -0.2) is 16.7 Å². The average molecular weight is 241 g/mol. The summed E-state index contributed by atoms with van der Waals surface area (Å²) in [5.41, 5.74) is 2.65. The quantitative estimate of drug-likeness (QED) is 0.830. The Morgan fingerprint density at radius 2 is 2.28 bits per heavy atom. The van der Waals surface area contributed by atoms with E-state index in [9.17, 15) is 0 Å². The SMILES string of the molecule is COC(C)c1nc2cc(C#N)ccc2n1C1CC1. The van der Waals surface area contributed by atoms with E-state index < -0.39 is 0 Å². The van der Waals surface area contributed by atoms with E-state index in [1.807, 2.05) is 25.1 Å². The predicted molar refractivity (Wildman–Crippen MR) is 68.1 cm³/mol. The van der Waals surface area contributed by atoms with E-state index in [1.54, 1.807) is 7.11 Å². The molecule has 4 heteroatoms. The Bertz CT molecular complexity index is 634. The zero-order valence-electron chi connectivity index (χ0n) is 10.6. The van der Waals surface area contributed by atoms with Crippen molar-refractivity contribution in [2.24, 2.45) is 0 Å². The summed E-state index contributed by atoms with van der Waals surface area (Å²) in [6.07, 6.45) is 2.38. The molecule has 3 rings (SSSR count). The maximum atomic E-state index is 8.94. The second-order valence-electron chi connectivity index (χ2n) is 4.76. The van der Waals surface area contributed by atoms with Crippen molar-refractivity contribution in [3.63, 3.8) is 0 Å². The number of rotatable bonds is 3. The van der Waals surface area contributed by atoms with Crippen LogP contribution < -0.4 is 0 Å². The van der Waals surface area contributed by atoms with Crippen molar-refractivity contribution in [3.05, 3.63) is 29.6 Å². The monoisotopic (exact) mass is 241 g/mol. The topological polar surface area (TPSA) is 50.8 Å². The third-order valence-corrected chi connectivity index (χ3v) is 3.48. The number of hydrogen-bond acceptors (Lipinski definition) is 3. The Labute approximate surface area is 106 Å². The minimum atomic E-state index is -0.0245. The molecule has 1 saturated carbocycles. The summed E-state index contributed by atoms with van der Waals surface area (Å²) in [5, 5.41) is 8.94. The first kappa shape index (κ1) is 11.2. The van der Waals surface area contributed by atoms with Crippen molar-refractivity contribution in [2.75, 3.05) is 7.11 Å². The van der Waals surface area contributed by atoms with Gasteiger partial charge in [-0.1, -0.05) is 0 Å². The Morgan fingerprint density at radius 3 is 2.89 bits per heavy atom. The molecule has 0 saturated heterocycles. The molecule has 1 heterocycles. The fourth-order valence-electron chi connectivity index (χ4n) is 2.30. The summed E-state index contributed by atoms with van der Waals surface area (Å²) in [5.74, 6) is 0.963. The zero-order valence-corrected chi connectivity index (χ0v) is 10.6. The van der Waals surface area contributed by atoms with Crippen molar-refractivity contribution in [2.45, 2.75) is 31.9 Å². The second-order valence-corrected chi connectivity index (χ2v) is 4.76. The van der Waals surface area contributed by atoms with Gasteiger partial charge in [0.1, 0.15) is 11.9 Å². The lowest BCUT2D eigenvalue weighted by molar-refractivity contribution is 0.109. The van der Waals surface area contributed by atoms with Crippen LogP contribution in [0.2, 0.25) is 0 Å². The first-order valence-corrected chi connectivity index (χ1v) is 6.19. The number of hydrogen-bond donors (Lipinski definition) is 0. The molecule has 1 atom stereocenters. The molecule has 2 aromatic rings. The average Bonchev–Trinajstić information content (AvgIpc) is 3.17. The van der Waals surface area contributed by atoms with E-state index in [0.29, 0.717) is 11.6 Å². The zero-order chi connectivity index (χ0) is 12.7. The van der Waals surface area contributed by atoms with Gasteiger partial charge in [0.05, 0.1) is 22.7 Å². The molecule has 1 aliphatic carbocycles. The second kappa shape index (κ2) is 4.11. The Balaban J connectivity index is 2.22.